The first-order valence-electron chi connectivity index (χ1n) is 5.97. The molecule has 0 bridgehead atoms. The van der Waals surface area contributed by atoms with Crippen molar-refractivity contribution in [3.63, 3.8) is 0 Å². The maximum absolute atomic E-state index is 13.5. The van der Waals surface area contributed by atoms with Crippen LogP contribution in [0.15, 0.2) is 18.2 Å². The van der Waals surface area contributed by atoms with Crippen LogP contribution < -0.4 is 5.73 Å². The van der Waals surface area contributed by atoms with Gasteiger partial charge < -0.3 is 5.73 Å². The first kappa shape index (κ1) is 12.5. The highest BCUT2D eigenvalue weighted by Crippen LogP contribution is 2.23. The molecular formula is C13H18F2N2. The fourth-order valence-electron chi connectivity index (χ4n) is 2.55. The molecule has 2 rings (SSSR count). The third-order valence-corrected chi connectivity index (χ3v) is 3.53. The molecule has 0 heterocycles. The molecule has 1 fully saturated rings. The highest BCUT2D eigenvalue weighted by molar-refractivity contribution is 5.18. The Hall–Kier alpha value is -1.00. The molecule has 0 radical (unpaired) electrons. The van der Waals surface area contributed by atoms with Gasteiger partial charge in [-0.05, 0) is 26.0 Å². The monoisotopic (exact) mass is 240 g/mol. The number of benzene rings is 1. The van der Waals surface area contributed by atoms with Crippen LogP contribution in [0.5, 0.6) is 0 Å². The molecule has 1 saturated carbocycles. The van der Waals surface area contributed by atoms with Crippen LogP contribution in [0, 0.1) is 11.6 Å². The Morgan fingerprint density at radius 3 is 2.71 bits per heavy atom. The van der Waals surface area contributed by atoms with Crippen LogP contribution in [0.3, 0.4) is 0 Å². The second kappa shape index (κ2) is 5.10. The predicted molar refractivity (Wildman–Crippen MR) is 63.4 cm³/mol. The van der Waals surface area contributed by atoms with Crippen molar-refractivity contribution in [2.45, 2.75) is 37.9 Å². The van der Waals surface area contributed by atoms with E-state index in [0.717, 1.165) is 25.3 Å². The normalized spacial score (nSPS) is 24.5. The summed E-state index contributed by atoms with van der Waals surface area (Å²) in [5.41, 5.74) is 6.52. The summed E-state index contributed by atoms with van der Waals surface area (Å²) in [5.74, 6) is -1.02. The largest absolute Gasteiger partial charge is 0.326 e. The number of hydrogen-bond acceptors (Lipinski definition) is 2. The van der Waals surface area contributed by atoms with E-state index in [4.69, 9.17) is 5.73 Å². The highest BCUT2D eigenvalue weighted by Gasteiger charge is 2.27. The zero-order chi connectivity index (χ0) is 12.4. The van der Waals surface area contributed by atoms with Gasteiger partial charge >= 0.3 is 0 Å². The van der Waals surface area contributed by atoms with Crippen molar-refractivity contribution in [1.82, 2.24) is 4.90 Å². The van der Waals surface area contributed by atoms with Gasteiger partial charge in [-0.3, -0.25) is 4.90 Å². The molecule has 0 amide bonds. The van der Waals surface area contributed by atoms with Gasteiger partial charge in [-0.1, -0.05) is 12.5 Å². The van der Waals surface area contributed by atoms with Gasteiger partial charge in [-0.15, -0.1) is 0 Å². The van der Waals surface area contributed by atoms with Crippen LogP contribution in [0.4, 0.5) is 8.78 Å². The molecule has 1 aliphatic rings. The lowest BCUT2D eigenvalue weighted by Crippen LogP contribution is -2.41. The lowest BCUT2D eigenvalue weighted by molar-refractivity contribution is 0.218. The molecule has 2 nitrogen and oxygen atoms in total. The van der Waals surface area contributed by atoms with Gasteiger partial charge in [0.05, 0.1) is 0 Å². The summed E-state index contributed by atoms with van der Waals surface area (Å²) in [7, 11) is 1.94. The molecule has 2 N–H and O–H groups in total. The summed E-state index contributed by atoms with van der Waals surface area (Å²) in [4.78, 5) is 2.06. The Morgan fingerprint density at radius 2 is 2.12 bits per heavy atom. The van der Waals surface area contributed by atoms with E-state index >= 15 is 0 Å². The molecule has 0 saturated heterocycles. The van der Waals surface area contributed by atoms with E-state index in [2.05, 4.69) is 4.90 Å². The molecule has 0 spiro atoms. The summed E-state index contributed by atoms with van der Waals surface area (Å²) in [6.07, 6.45) is 3.21. The van der Waals surface area contributed by atoms with Crippen molar-refractivity contribution in [1.29, 1.82) is 0 Å². The summed E-state index contributed by atoms with van der Waals surface area (Å²) in [6.45, 7) is 0.477. The van der Waals surface area contributed by atoms with Crippen LogP contribution in [0.1, 0.15) is 24.8 Å². The standard InChI is InChI=1S/C13H18F2N2/c1-17(13-4-2-3-12(13)16)8-9-5-6-10(14)7-11(9)15/h5-7,12-13H,2-4,8,16H2,1H3. The van der Waals surface area contributed by atoms with Crippen LogP contribution in [0.2, 0.25) is 0 Å². The van der Waals surface area contributed by atoms with E-state index in [1.165, 1.54) is 12.1 Å². The highest BCUT2D eigenvalue weighted by atomic mass is 19.1. The zero-order valence-electron chi connectivity index (χ0n) is 10.00. The maximum atomic E-state index is 13.5. The minimum absolute atomic E-state index is 0.170. The molecule has 1 aromatic rings. The van der Waals surface area contributed by atoms with Crippen LogP contribution in [-0.4, -0.2) is 24.0 Å². The molecule has 2 unspecified atom stereocenters. The fraction of sp³-hybridized carbons (Fsp3) is 0.538. The second-order valence-corrected chi connectivity index (χ2v) is 4.81. The molecule has 94 valence electrons. The Balaban J connectivity index is 2.04. The van der Waals surface area contributed by atoms with Gasteiger partial charge in [0.1, 0.15) is 11.6 Å². The third kappa shape index (κ3) is 2.82. The summed E-state index contributed by atoms with van der Waals surface area (Å²) < 4.78 is 26.3. The summed E-state index contributed by atoms with van der Waals surface area (Å²) >= 11 is 0. The molecular weight excluding hydrogens is 222 g/mol. The fourth-order valence-corrected chi connectivity index (χ4v) is 2.55. The van der Waals surface area contributed by atoms with Crippen molar-refractivity contribution >= 4 is 0 Å². The van der Waals surface area contributed by atoms with E-state index in [1.54, 1.807) is 0 Å². The van der Waals surface area contributed by atoms with Crippen molar-refractivity contribution in [2.24, 2.45) is 5.73 Å². The van der Waals surface area contributed by atoms with E-state index in [0.29, 0.717) is 18.2 Å². The van der Waals surface area contributed by atoms with Crippen molar-refractivity contribution in [3.05, 3.63) is 35.4 Å². The Bertz CT molecular complexity index is 395. The Morgan fingerprint density at radius 1 is 1.35 bits per heavy atom. The minimum atomic E-state index is -0.536. The predicted octanol–water partition coefficient (Wildman–Crippen LogP) is 2.28. The minimum Gasteiger partial charge on any atom is -0.326 e. The third-order valence-electron chi connectivity index (χ3n) is 3.53. The number of rotatable bonds is 3. The smallest absolute Gasteiger partial charge is 0.130 e. The molecule has 17 heavy (non-hydrogen) atoms. The van der Waals surface area contributed by atoms with Crippen molar-refractivity contribution < 1.29 is 8.78 Å². The average molecular weight is 240 g/mol. The van der Waals surface area contributed by atoms with Crippen molar-refractivity contribution in [3.8, 4) is 0 Å². The first-order chi connectivity index (χ1) is 8.08. The quantitative estimate of drug-likeness (QED) is 0.878. The van der Waals surface area contributed by atoms with Gasteiger partial charge in [0, 0.05) is 30.3 Å². The molecule has 0 aromatic heterocycles. The summed E-state index contributed by atoms with van der Waals surface area (Å²) in [5, 5.41) is 0. The zero-order valence-corrected chi connectivity index (χ0v) is 10.00. The molecule has 4 heteroatoms. The summed E-state index contributed by atoms with van der Waals surface area (Å²) in [6, 6.07) is 4.20. The van der Waals surface area contributed by atoms with Gasteiger partial charge in [-0.2, -0.15) is 0 Å². The SMILES string of the molecule is CN(Cc1ccc(F)cc1F)C1CCCC1N. The van der Waals surface area contributed by atoms with Crippen LogP contribution >= 0.6 is 0 Å². The number of halogens is 2. The van der Waals surface area contributed by atoms with Gasteiger partial charge in [0.2, 0.25) is 0 Å². The number of hydrogen-bond donors (Lipinski definition) is 1. The van der Waals surface area contributed by atoms with Crippen LogP contribution in [-0.2, 0) is 6.54 Å². The second-order valence-electron chi connectivity index (χ2n) is 4.81. The maximum Gasteiger partial charge on any atom is 0.130 e. The molecule has 0 aliphatic heterocycles. The molecule has 2 atom stereocenters. The van der Waals surface area contributed by atoms with E-state index < -0.39 is 11.6 Å². The Labute approximate surface area is 100 Å². The molecule has 1 aromatic carbocycles. The number of nitrogens with zero attached hydrogens (tertiary/aromatic N) is 1. The van der Waals surface area contributed by atoms with Gasteiger partial charge in [-0.25, -0.2) is 8.78 Å². The van der Waals surface area contributed by atoms with Crippen molar-refractivity contribution in [2.75, 3.05) is 7.05 Å². The van der Waals surface area contributed by atoms with E-state index in [9.17, 15) is 8.78 Å². The first-order valence-corrected chi connectivity index (χ1v) is 5.97. The Kier molecular flexibility index (Phi) is 3.74. The topological polar surface area (TPSA) is 29.3 Å². The lowest BCUT2D eigenvalue weighted by Gasteiger charge is -2.27. The average Bonchev–Trinajstić information content (AvgIpc) is 2.68. The number of nitrogens with two attached hydrogens (primary N) is 1. The lowest BCUT2D eigenvalue weighted by atomic mass is 10.1. The van der Waals surface area contributed by atoms with E-state index in [1.807, 2.05) is 7.05 Å². The van der Waals surface area contributed by atoms with Crippen LogP contribution in [0.25, 0.3) is 0 Å². The number of likely N-dealkylation sites (N-methyl/N-ethyl adjacent to an activating group) is 1. The molecule has 1 aliphatic carbocycles. The van der Waals surface area contributed by atoms with Gasteiger partial charge in [0.25, 0.3) is 0 Å². The van der Waals surface area contributed by atoms with E-state index in [-0.39, 0.29) is 6.04 Å². The van der Waals surface area contributed by atoms with Gasteiger partial charge in [0.15, 0.2) is 0 Å².